The molecule has 27 heavy (non-hydrogen) atoms. The van der Waals surface area contributed by atoms with Gasteiger partial charge in [-0.25, -0.2) is 4.98 Å². The van der Waals surface area contributed by atoms with Gasteiger partial charge in [-0.15, -0.1) is 0 Å². The number of ether oxygens (including phenoxy) is 1. The van der Waals surface area contributed by atoms with Crippen LogP contribution in [0.1, 0.15) is 36.9 Å². The standard InChI is InChI=1S/C20H25N3O3S/c1-27-14-8-7-13-21-18-16-11-5-6-12-17(16)22-20(19(18)23(24)25)26-15-9-3-2-4-10-15/h2-4,9-10H,5-8,11-14H2,1H3,(H,21,22). The van der Waals surface area contributed by atoms with Crippen LogP contribution in [0.4, 0.5) is 11.4 Å². The van der Waals surface area contributed by atoms with Crippen LogP contribution in [-0.4, -0.2) is 28.5 Å². The Morgan fingerprint density at radius 2 is 2.00 bits per heavy atom. The average molecular weight is 388 g/mol. The Kier molecular flexibility index (Phi) is 6.92. The lowest BCUT2D eigenvalue weighted by atomic mass is 9.94. The summed E-state index contributed by atoms with van der Waals surface area (Å²) in [6.07, 6.45) is 7.89. The highest BCUT2D eigenvalue weighted by Gasteiger charge is 2.30. The fourth-order valence-corrected chi connectivity index (χ4v) is 3.82. The number of pyridine rings is 1. The molecule has 3 rings (SSSR count). The zero-order valence-electron chi connectivity index (χ0n) is 15.6. The quantitative estimate of drug-likeness (QED) is 0.361. The fourth-order valence-electron chi connectivity index (χ4n) is 3.32. The second kappa shape index (κ2) is 9.60. The Hall–Kier alpha value is -2.28. The number of hydrogen-bond acceptors (Lipinski definition) is 6. The van der Waals surface area contributed by atoms with Crippen LogP contribution in [0.25, 0.3) is 0 Å². The molecule has 0 aliphatic heterocycles. The summed E-state index contributed by atoms with van der Waals surface area (Å²) in [4.78, 5) is 16.1. The van der Waals surface area contributed by atoms with Gasteiger partial charge in [0.2, 0.25) is 0 Å². The molecule has 1 aliphatic carbocycles. The minimum absolute atomic E-state index is 0.0515. The predicted octanol–water partition coefficient (Wildman–Crippen LogP) is 5.22. The molecule has 1 aromatic carbocycles. The van der Waals surface area contributed by atoms with Crippen molar-refractivity contribution in [1.29, 1.82) is 0 Å². The Morgan fingerprint density at radius 3 is 2.74 bits per heavy atom. The lowest BCUT2D eigenvalue weighted by molar-refractivity contribution is -0.385. The molecular formula is C20H25N3O3S. The van der Waals surface area contributed by atoms with Crippen molar-refractivity contribution >= 4 is 23.1 Å². The number of nitrogens with zero attached hydrogens (tertiary/aromatic N) is 2. The van der Waals surface area contributed by atoms with Gasteiger partial charge in [-0.2, -0.15) is 11.8 Å². The monoisotopic (exact) mass is 387 g/mol. The van der Waals surface area contributed by atoms with Crippen LogP contribution in [0.3, 0.4) is 0 Å². The largest absolute Gasteiger partial charge is 0.434 e. The molecule has 144 valence electrons. The first-order valence-electron chi connectivity index (χ1n) is 9.36. The predicted molar refractivity (Wildman–Crippen MR) is 110 cm³/mol. The number of nitrogens with one attached hydrogen (secondary N) is 1. The van der Waals surface area contributed by atoms with Gasteiger partial charge >= 0.3 is 11.6 Å². The summed E-state index contributed by atoms with van der Waals surface area (Å²) in [5.41, 5.74) is 2.45. The topological polar surface area (TPSA) is 77.3 Å². The van der Waals surface area contributed by atoms with E-state index >= 15 is 0 Å². The molecule has 0 fully saturated rings. The van der Waals surface area contributed by atoms with Gasteiger partial charge in [-0.3, -0.25) is 10.1 Å². The zero-order chi connectivity index (χ0) is 19.1. The molecular weight excluding hydrogens is 362 g/mol. The SMILES string of the molecule is CSCCCCNc1c2c(nc(Oc3ccccc3)c1[N+](=O)[O-])CCCC2. The van der Waals surface area contributed by atoms with E-state index in [0.29, 0.717) is 18.0 Å². The van der Waals surface area contributed by atoms with Crippen molar-refractivity contribution in [3.8, 4) is 11.6 Å². The van der Waals surface area contributed by atoms with Gasteiger partial charge < -0.3 is 10.1 Å². The number of aromatic nitrogens is 1. The second-order valence-corrected chi connectivity index (χ2v) is 7.56. The van der Waals surface area contributed by atoms with Crippen molar-refractivity contribution in [2.75, 3.05) is 23.9 Å². The van der Waals surface area contributed by atoms with Crippen LogP contribution in [0, 0.1) is 10.1 Å². The van der Waals surface area contributed by atoms with Gasteiger partial charge in [0.15, 0.2) is 0 Å². The molecule has 0 saturated carbocycles. The molecule has 1 heterocycles. The van der Waals surface area contributed by atoms with E-state index in [-0.39, 0.29) is 16.5 Å². The van der Waals surface area contributed by atoms with Gasteiger partial charge in [-0.05, 0) is 62.7 Å². The maximum Gasteiger partial charge on any atom is 0.354 e. The molecule has 1 N–H and O–H groups in total. The Balaban J connectivity index is 1.94. The van der Waals surface area contributed by atoms with E-state index in [1.807, 2.05) is 30.0 Å². The van der Waals surface area contributed by atoms with Crippen LogP contribution in [-0.2, 0) is 12.8 Å². The summed E-state index contributed by atoms with van der Waals surface area (Å²) in [5.74, 6) is 1.73. The van der Waals surface area contributed by atoms with Crippen molar-refractivity contribution in [2.24, 2.45) is 0 Å². The lowest BCUT2D eigenvalue weighted by Gasteiger charge is -2.21. The number of hydrogen-bond donors (Lipinski definition) is 1. The van der Waals surface area contributed by atoms with Crippen LogP contribution in [0.5, 0.6) is 11.6 Å². The maximum atomic E-state index is 11.9. The zero-order valence-corrected chi connectivity index (χ0v) is 16.4. The summed E-state index contributed by atoms with van der Waals surface area (Å²) in [6.45, 7) is 0.711. The van der Waals surface area contributed by atoms with E-state index in [1.54, 1.807) is 12.1 Å². The van der Waals surface area contributed by atoms with Crippen molar-refractivity contribution in [2.45, 2.75) is 38.5 Å². The number of rotatable bonds is 9. The highest BCUT2D eigenvalue weighted by Crippen LogP contribution is 2.42. The van der Waals surface area contributed by atoms with Crippen molar-refractivity contribution < 1.29 is 9.66 Å². The minimum Gasteiger partial charge on any atom is -0.434 e. The number of anilines is 1. The number of para-hydroxylation sites is 1. The molecule has 0 bridgehead atoms. The van der Waals surface area contributed by atoms with Crippen LogP contribution in [0.2, 0.25) is 0 Å². The van der Waals surface area contributed by atoms with E-state index in [4.69, 9.17) is 4.74 Å². The summed E-state index contributed by atoms with van der Waals surface area (Å²) < 4.78 is 5.83. The van der Waals surface area contributed by atoms with Gasteiger partial charge in [-0.1, -0.05) is 18.2 Å². The van der Waals surface area contributed by atoms with Gasteiger partial charge in [0.05, 0.1) is 10.6 Å². The van der Waals surface area contributed by atoms with Crippen LogP contribution >= 0.6 is 11.8 Å². The van der Waals surface area contributed by atoms with Crippen LogP contribution in [0.15, 0.2) is 30.3 Å². The van der Waals surface area contributed by atoms with E-state index in [0.717, 1.165) is 55.5 Å². The third-order valence-corrected chi connectivity index (χ3v) is 5.33. The van der Waals surface area contributed by atoms with Crippen molar-refractivity contribution in [3.05, 3.63) is 51.7 Å². The lowest BCUT2D eigenvalue weighted by Crippen LogP contribution is -2.15. The number of nitro groups is 1. The molecule has 1 aliphatic rings. The molecule has 7 heteroatoms. The molecule has 1 aromatic heterocycles. The third kappa shape index (κ3) is 4.91. The number of benzene rings is 1. The molecule has 0 radical (unpaired) electrons. The third-order valence-electron chi connectivity index (χ3n) is 4.63. The van der Waals surface area contributed by atoms with E-state index in [1.165, 1.54) is 0 Å². The average Bonchev–Trinajstić information content (AvgIpc) is 2.68. The molecule has 0 atom stereocenters. The highest BCUT2D eigenvalue weighted by atomic mass is 32.2. The van der Waals surface area contributed by atoms with Crippen molar-refractivity contribution in [3.63, 3.8) is 0 Å². The molecule has 0 unspecified atom stereocenters. The minimum atomic E-state index is -0.371. The summed E-state index contributed by atoms with van der Waals surface area (Å²) in [7, 11) is 0. The summed E-state index contributed by atoms with van der Waals surface area (Å²) in [5, 5.41) is 15.2. The summed E-state index contributed by atoms with van der Waals surface area (Å²) in [6, 6.07) is 9.11. The Labute approximate surface area is 163 Å². The molecule has 2 aromatic rings. The van der Waals surface area contributed by atoms with Gasteiger partial charge in [0.25, 0.3) is 0 Å². The fraction of sp³-hybridized carbons (Fsp3) is 0.450. The highest BCUT2D eigenvalue weighted by molar-refractivity contribution is 7.98. The number of unbranched alkanes of at least 4 members (excludes halogenated alkanes) is 1. The smallest absolute Gasteiger partial charge is 0.354 e. The number of thioether (sulfide) groups is 1. The normalized spacial score (nSPS) is 13.1. The first-order valence-corrected chi connectivity index (χ1v) is 10.8. The Morgan fingerprint density at radius 1 is 1.22 bits per heavy atom. The second-order valence-electron chi connectivity index (χ2n) is 6.57. The number of aryl methyl sites for hydroxylation is 1. The van der Waals surface area contributed by atoms with E-state index in [9.17, 15) is 10.1 Å². The maximum absolute atomic E-state index is 11.9. The summed E-state index contributed by atoms with van der Waals surface area (Å²) >= 11 is 1.82. The molecule has 0 saturated heterocycles. The van der Waals surface area contributed by atoms with Crippen molar-refractivity contribution in [1.82, 2.24) is 4.98 Å². The molecule has 0 amide bonds. The first-order chi connectivity index (χ1) is 13.2. The first kappa shape index (κ1) is 19.5. The van der Waals surface area contributed by atoms with Gasteiger partial charge in [0, 0.05) is 12.1 Å². The van der Waals surface area contributed by atoms with E-state index in [2.05, 4.69) is 16.6 Å². The van der Waals surface area contributed by atoms with Gasteiger partial charge in [0.1, 0.15) is 11.4 Å². The van der Waals surface area contributed by atoms with Crippen LogP contribution < -0.4 is 10.1 Å². The molecule has 0 spiro atoms. The molecule has 6 nitrogen and oxygen atoms in total. The number of fused-ring (bicyclic) bond motifs is 1. The Bertz CT molecular complexity index is 784. The van der Waals surface area contributed by atoms with E-state index < -0.39 is 0 Å².